The molecule has 3 aliphatic rings. The van der Waals surface area contributed by atoms with Gasteiger partial charge in [-0.25, -0.2) is 0 Å². The maximum Gasteiger partial charge on any atom is 0.268 e. The number of carbonyl (C=O) groups is 2. The molecule has 0 unspecified atom stereocenters. The van der Waals surface area contributed by atoms with Crippen molar-refractivity contribution in [2.75, 3.05) is 52.9 Å². The first-order chi connectivity index (χ1) is 17.5. The van der Waals surface area contributed by atoms with Gasteiger partial charge in [0.05, 0.1) is 0 Å². The van der Waals surface area contributed by atoms with Gasteiger partial charge < -0.3 is 25.0 Å². The quantitative estimate of drug-likeness (QED) is 0.612. The van der Waals surface area contributed by atoms with Crippen LogP contribution in [0.1, 0.15) is 55.4 Å². The van der Waals surface area contributed by atoms with E-state index in [1.54, 1.807) is 6.07 Å². The zero-order valence-electron chi connectivity index (χ0n) is 21.5. The number of likely N-dealkylation sites (tertiary alicyclic amines) is 3. The van der Waals surface area contributed by atoms with Crippen LogP contribution in [0.3, 0.4) is 0 Å². The first-order valence-corrected chi connectivity index (χ1v) is 14.1. The van der Waals surface area contributed by atoms with E-state index in [1.165, 1.54) is 32.4 Å². The third-order valence-corrected chi connectivity index (χ3v) is 8.84. The fourth-order valence-corrected chi connectivity index (χ4v) is 6.54. The molecule has 36 heavy (non-hydrogen) atoms. The number of aromatic nitrogens is 1. The third kappa shape index (κ3) is 6.06. The second-order valence-corrected chi connectivity index (χ2v) is 11.5. The summed E-state index contributed by atoms with van der Waals surface area (Å²) in [5.74, 6) is 1.34. The van der Waals surface area contributed by atoms with E-state index in [9.17, 15) is 9.59 Å². The number of fused-ring (bicyclic) bond motifs is 1. The van der Waals surface area contributed by atoms with Crippen molar-refractivity contribution in [3.8, 4) is 0 Å². The van der Waals surface area contributed by atoms with E-state index in [2.05, 4.69) is 27.1 Å². The van der Waals surface area contributed by atoms with Gasteiger partial charge >= 0.3 is 0 Å². The Morgan fingerprint density at radius 2 is 1.64 bits per heavy atom. The number of halogens is 1. The van der Waals surface area contributed by atoms with E-state index in [0.29, 0.717) is 17.3 Å². The van der Waals surface area contributed by atoms with Crippen LogP contribution in [-0.4, -0.2) is 90.4 Å². The second kappa shape index (κ2) is 11.5. The molecule has 196 valence electrons. The summed E-state index contributed by atoms with van der Waals surface area (Å²) >= 11 is 6.12. The van der Waals surface area contributed by atoms with Crippen LogP contribution < -0.4 is 5.32 Å². The predicted molar refractivity (Wildman–Crippen MR) is 144 cm³/mol. The molecule has 2 amide bonds. The molecule has 3 aliphatic heterocycles. The van der Waals surface area contributed by atoms with Gasteiger partial charge in [-0.1, -0.05) is 18.0 Å². The molecule has 5 rings (SSSR count). The van der Waals surface area contributed by atoms with Crippen molar-refractivity contribution < 1.29 is 9.59 Å². The van der Waals surface area contributed by atoms with Crippen LogP contribution >= 0.6 is 11.6 Å². The van der Waals surface area contributed by atoms with Crippen LogP contribution in [0.2, 0.25) is 5.02 Å². The summed E-state index contributed by atoms with van der Waals surface area (Å²) in [5.41, 5.74) is 1.32. The SMILES string of the molecule is CN1CCC(C2CCN(C(=O)[C@@H](CN3CCCCC3)NC(=O)c3cc4cc(Cl)ccc4[nH]3)CC2)CC1. The van der Waals surface area contributed by atoms with Crippen molar-refractivity contribution in [2.24, 2.45) is 11.8 Å². The highest BCUT2D eigenvalue weighted by atomic mass is 35.5. The van der Waals surface area contributed by atoms with Gasteiger partial charge in [0.1, 0.15) is 11.7 Å². The average Bonchev–Trinajstić information content (AvgIpc) is 3.32. The summed E-state index contributed by atoms with van der Waals surface area (Å²) in [6, 6.07) is 6.80. The van der Waals surface area contributed by atoms with Crippen LogP contribution in [0.15, 0.2) is 24.3 Å². The topological polar surface area (TPSA) is 71.7 Å². The summed E-state index contributed by atoms with van der Waals surface area (Å²) < 4.78 is 0. The van der Waals surface area contributed by atoms with E-state index >= 15 is 0 Å². The zero-order valence-corrected chi connectivity index (χ0v) is 22.2. The molecular weight excluding hydrogens is 474 g/mol. The zero-order chi connectivity index (χ0) is 25.1. The van der Waals surface area contributed by atoms with Crippen molar-refractivity contribution in [3.05, 3.63) is 35.0 Å². The Bertz CT molecular complexity index is 1050. The van der Waals surface area contributed by atoms with Crippen molar-refractivity contribution in [3.63, 3.8) is 0 Å². The van der Waals surface area contributed by atoms with Crippen LogP contribution in [-0.2, 0) is 4.79 Å². The van der Waals surface area contributed by atoms with E-state index < -0.39 is 6.04 Å². The van der Waals surface area contributed by atoms with Crippen molar-refractivity contribution in [1.29, 1.82) is 0 Å². The monoisotopic (exact) mass is 513 g/mol. The first-order valence-electron chi connectivity index (χ1n) is 13.7. The molecule has 1 aromatic heterocycles. The molecular formula is C28H40ClN5O2. The Morgan fingerprint density at radius 3 is 2.33 bits per heavy atom. The van der Waals surface area contributed by atoms with Gasteiger partial charge in [0.25, 0.3) is 5.91 Å². The molecule has 0 radical (unpaired) electrons. The number of amides is 2. The van der Waals surface area contributed by atoms with Crippen molar-refractivity contribution in [2.45, 2.75) is 51.0 Å². The Kier molecular flexibility index (Phi) is 8.18. The number of nitrogens with one attached hydrogen (secondary N) is 2. The molecule has 8 heteroatoms. The highest BCUT2D eigenvalue weighted by molar-refractivity contribution is 6.31. The molecule has 4 heterocycles. The van der Waals surface area contributed by atoms with Gasteiger partial charge in [0.2, 0.25) is 5.91 Å². The Labute approximate surface area is 219 Å². The number of piperidine rings is 3. The van der Waals surface area contributed by atoms with Crippen molar-refractivity contribution in [1.82, 2.24) is 25.0 Å². The predicted octanol–water partition coefficient (Wildman–Crippen LogP) is 3.99. The number of aromatic amines is 1. The molecule has 3 saturated heterocycles. The second-order valence-electron chi connectivity index (χ2n) is 11.1. The number of nitrogens with zero attached hydrogens (tertiary/aromatic N) is 3. The lowest BCUT2D eigenvalue weighted by atomic mass is 9.79. The average molecular weight is 514 g/mol. The maximum atomic E-state index is 13.7. The molecule has 1 atom stereocenters. The largest absolute Gasteiger partial charge is 0.351 e. The summed E-state index contributed by atoms with van der Waals surface area (Å²) in [4.78, 5) is 36.9. The van der Waals surface area contributed by atoms with Crippen LogP contribution in [0.25, 0.3) is 10.9 Å². The minimum atomic E-state index is -0.537. The fourth-order valence-electron chi connectivity index (χ4n) is 6.36. The van der Waals surface area contributed by atoms with E-state index in [1.807, 2.05) is 23.1 Å². The van der Waals surface area contributed by atoms with E-state index in [0.717, 1.165) is 74.6 Å². The minimum absolute atomic E-state index is 0.0647. The number of hydrogen-bond donors (Lipinski definition) is 2. The minimum Gasteiger partial charge on any atom is -0.351 e. The number of carbonyl (C=O) groups excluding carboxylic acids is 2. The fraction of sp³-hybridized carbons (Fsp3) is 0.643. The maximum absolute atomic E-state index is 13.7. The Balaban J connectivity index is 1.24. The molecule has 0 saturated carbocycles. The summed E-state index contributed by atoms with van der Waals surface area (Å²) in [5, 5.41) is 4.62. The summed E-state index contributed by atoms with van der Waals surface area (Å²) in [6.45, 7) is 6.53. The molecule has 0 spiro atoms. The van der Waals surface area contributed by atoms with Gasteiger partial charge in [0.15, 0.2) is 0 Å². The molecule has 7 nitrogen and oxygen atoms in total. The highest BCUT2D eigenvalue weighted by Gasteiger charge is 2.34. The molecule has 1 aromatic carbocycles. The lowest BCUT2D eigenvalue weighted by molar-refractivity contribution is -0.135. The lowest BCUT2D eigenvalue weighted by Gasteiger charge is -2.40. The number of rotatable bonds is 6. The molecule has 2 aromatic rings. The summed E-state index contributed by atoms with van der Waals surface area (Å²) in [7, 11) is 2.21. The standard InChI is InChI=1S/C28H40ClN5O2/c1-32-13-7-20(8-14-32)21-9-15-34(16-10-21)28(36)26(19-33-11-3-2-4-12-33)31-27(35)25-18-22-17-23(29)5-6-24(22)30-25/h5-6,17-18,20-21,26,30H,2-4,7-16,19H2,1H3,(H,31,35)/t26-/m1/s1. The smallest absolute Gasteiger partial charge is 0.268 e. The van der Waals surface area contributed by atoms with Crippen LogP contribution in [0.5, 0.6) is 0 Å². The number of H-pyrrole nitrogens is 1. The van der Waals surface area contributed by atoms with E-state index in [4.69, 9.17) is 11.6 Å². The van der Waals surface area contributed by atoms with E-state index in [-0.39, 0.29) is 11.8 Å². The van der Waals surface area contributed by atoms with Crippen molar-refractivity contribution >= 4 is 34.3 Å². The van der Waals surface area contributed by atoms with Gasteiger partial charge in [-0.05, 0) is 108 Å². The van der Waals surface area contributed by atoms with Crippen LogP contribution in [0, 0.1) is 11.8 Å². The Morgan fingerprint density at radius 1 is 0.972 bits per heavy atom. The lowest BCUT2D eigenvalue weighted by Crippen LogP contribution is -2.56. The third-order valence-electron chi connectivity index (χ3n) is 8.60. The molecule has 2 N–H and O–H groups in total. The number of hydrogen-bond acceptors (Lipinski definition) is 4. The van der Waals surface area contributed by atoms with Crippen LogP contribution in [0.4, 0.5) is 0 Å². The Hall–Kier alpha value is -2.09. The van der Waals surface area contributed by atoms with Gasteiger partial charge in [0, 0.05) is 35.6 Å². The highest BCUT2D eigenvalue weighted by Crippen LogP contribution is 2.32. The normalized spacial score (nSPS) is 22.1. The molecule has 0 aliphatic carbocycles. The van der Waals surface area contributed by atoms with Gasteiger partial charge in [-0.3, -0.25) is 9.59 Å². The summed E-state index contributed by atoms with van der Waals surface area (Å²) in [6.07, 6.45) is 8.25. The van der Waals surface area contributed by atoms with Gasteiger partial charge in [-0.2, -0.15) is 0 Å². The van der Waals surface area contributed by atoms with Gasteiger partial charge in [-0.15, -0.1) is 0 Å². The number of benzene rings is 1. The molecule has 3 fully saturated rings. The first kappa shape index (κ1) is 25.6. The molecule has 0 bridgehead atoms.